The first kappa shape index (κ1) is 12.6. The second kappa shape index (κ2) is 5.29. The van der Waals surface area contributed by atoms with Crippen LogP contribution in [-0.4, -0.2) is 4.98 Å². The summed E-state index contributed by atoms with van der Waals surface area (Å²) in [7, 11) is 0. The Morgan fingerprint density at radius 2 is 2.00 bits per heavy atom. The van der Waals surface area contributed by atoms with Crippen molar-refractivity contribution >= 4 is 33.8 Å². The molecule has 0 radical (unpaired) electrons. The van der Waals surface area contributed by atoms with E-state index < -0.39 is 0 Å². The molecule has 19 heavy (non-hydrogen) atoms. The standard InChI is InChI=1S/C15H13ClN2S/c16-12-7-8-19-15(12)13(17)9-11-6-5-10-3-1-2-4-14(10)18-11/h1-8,13H,9,17H2. The maximum Gasteiger partial charge on any atom is 0.0705 e. The average molecular weight is 289 g/mol. The van der Waals surface area contributed by atoms with Gasteiger partial charge in [0.05, 0.1) is 10.5 Å². The lowest BCUT2D eigenvalue weighted by molar-refractivity contribution is 0.723. The van der Waals surface area contributed by atoms with Gasteiger partial charge in [0.1, 0.15) is 0 Å². The van der Waals surface area contributed by atoms with Gasteiger partial charge in [0.25, 0.3) is 0 Å². The fraction of sp³-hybridized carbons (Fsp3) is 0.133. The molecular weight excluding hydrogens is 276 g/mol. The van der Waals surface area contributed by atoms with Crippen molar-refractivity contribution in [3.63, 3.8) is 0 Å². The molecule has 1 atom stereocenters. The highest BCUT2D eigenvalue weighted by atomic mass is 35.5. The summed E-state index contributed by atoms with van der Waals surface area (Å²) in [4.78, 5) is 5.66. The number of aromatic nitrogens is 1. The number of halogens is 1. The molecule has 0 saturated carbocycles. The van der Waals surface area contributed by atoms with Gasteiger partial charge in [-0.1, -0.05) is 35.9 Å². The van der Waals surface area contributed by atoms with Crippen molar-refractivity contribution in [1.29, 1.82) is 0 Å². The summed E-state index contributed by atoms with van der Waals surface area (Å²) >= 11 is 7.70. The van der Waals surface area contributed by atoms with Crippen molar-refractivity contribution in [2.75, 3.05) is 0 Å². The molecule has 0 amide bonds. The molecule has 2 N–H and O–H groups in total. The van der Waals surface area contributed by atoms with E-state index in [-0.39, 0.29) is 6.04 Å². The summed E-state index contributed by atoms with van der Waals surface area (Å²) < 4.78 is 0. The van der Waals surface area contributed by atoms with Crippen LogP contribution < -0.4 is 5.73 Å². The van der Waals surface area contributed by atoms with Crippen molar-refractivity contribution in [3.8, 4) is 0 Å². The van der Waals surface area contributed by atoms with Crippen LogP contribution in [0.15, 0.2) is 47.8 Å². The number of rotatable bonds is 3. The summed E-state index contributed by atoms with van der Waals surface area (Å²) in [5, 5.41) is 3.86. The van der Waals surface area contributed by atoms with Gasteiger partial charge < -0.3 is 5.73 Å². The van der Waals surface area contributed by atoms with E-state index in [1.807, 2.05) is 35.7 Å². The third-order valence-corrected chi connectivity index (χ3v) is 4.56. The zero-order valence-electron chi connectivity index (χ0n) is 10.2. The zero-order valence-corrected chi connectivity index (χ0v) is 11.8. The summed E-state index contributed by atoms with van der Waals surface area (Å²) in [5.74, 6) is 0. The molecule has 1 unspecified atom stereocenters. The average Bonchev–Trinajstić information content (AvgIpc) is 2.85. The van der Waals surface area contributed by atoms with E-state index in [0.29, 0.717) is 6.42 Å². The van der Waals surface area contributed by atoms with Gasteiger partial charge >= 0.3 is 0 Å². The fourth-order valence-corrected chi connectivity index (χ4v) is 3.31. The van der Waals surface area contributed by atoms with Crippen LogP contribution in [0.2, 0.25) is 5.02 Å². The van der Waals surface area contributed by atoms with Gasteiger partial charge in [-0.25, -0.2) is 0 Å². The zero-order chi connectivity index (χ0) is 13.2. The molecule has 1 aromatic carbocycles. The van der Waals surface area contributed by atoms with Crippen molar-refractivity contribution in [3.05, 3.63) is 63.4 Å². The highest BCUT2D eigenvalue weighted by molar-refractivity contribution is 7.10. The van der Waals surface area contributed by atoms with Gasteiger partial charge in [-0.2, -0.15) is 0 Å². The minimum atomic E-state index is -0.0961. The minimum absolute atomic E-state index is 0.0961. The van der Waals surface area contributed by atoms with Crippen molar-refractivity contribution < 1.29 is 0 Å². The van der Waals surface area contributed by atoms with Crippen molar-refractivity contribution in [2.24, 2.45) is 5.73 Å². The van der Waals surface area contributed by atoms with Crippen LogP contribution in [0.4, 0.5) is 0 Å². The molecule has 96 valence electrons. The van der Waals surface area contributed by atoms with E-state index in [9.17, 15) is 0 Å². The maximum atomic E-state index is 6.20. The summed E-state index contributed by atoms with van der Waals surface area (Å²) in [5.41, 5.74) is 8.20. The van der Waals surface area contributed by atoms with Gasteiger partial charge in [-0.05, 0) is 23.6 Å². The van der Waals surface area contributed by atoms with Crippen molar-refractivity contribution in [2.45, 2.75) is 12.5 Å². The lowest BCUT2D eigenvalue weighted by Crippen LogP contribution is -2.13. The van der Waals surface area contributed by atoms with Crippen LogP contribution >= 0.6 is 22.9 Å². The summed E-state index contributed by atoms with van der Waals surface area (Å²) in [6.45, 7) is 0. The van der Waals surface area contributed by atoms with Crippen LogP contribution in [0.3, 0.4) is 0 Å². The first-order valence-electron chi connectivity index (χ1n) is 6.07. The Morgan fingerprint density at radius 1 is 1.16 bits per heavy atom. The quantitative estimate of drug-likeness (QED) is 0.785. The van der Waals surface area contributed by atoms with Crippen LogP contribution in [0, 0.1) is 0 Å². The van der Waals surface area contributed by atoms with Gasteiger partial charge in [0.2, 0.25) is 0 Å². The molecule has 0 spiro atoms. The molecule has 0 aliphatic rings. The second-order valence-electron chi connectivity index (χ2n) is 4.44. The van der Waals surface area contributed by atoms with E-state index in [4.69, 9.17) is 17.3 Å². The van der Waals surface area contributed by atoms with Crippen LogP contribution in [-0.2, 0) is 6.42 Å². The molecule has 0 aliphatic carbocycles. The molecule has 0 fully saturated rings. The fourth-order valence-electron chi connectivity index (χ4n) is 2.11. The monoisotopic (exact) mass is 288 g/mol. The Balaban J connectivity index is 1.87. The van der Waals surface area contributed by atoms with E-state index in [1.54, 1.807) is 11.3 Å². The number of hydrogen-bond donors (Lipinski definition) is 1. The van der Waals surface area contributed by atoms with Gasteiger partial charge in [-0.15, -0.1) is 11.3 Å². The first-order valence-corrected chi connectivity index (χ1v) is 7.33. The second-order valence-corrected chi connectivity index (χ2v) is 5.79. The predicted octanol–water partition coefficient (Wildman–Crippen LogP) is 4.19. The van der Waals surface area contributed by atoms with Gasteiger partial charge in [-0.3, -0.25) is 4.98 Å². The molecule has 2 heterocycles. The molecule has 3 rings (SSSR count). The summed E-state index contributed by atoms with van der Waals surface area (Å²) in [6.07, 6.45) is 0.699. The number of fused-ring (bicyclic) bond motifs is 1. The smallest absolute Gasteiger partial charge is 0.0705 e. The van der Waals surface area contributed by atoms with Crippen LogP contribution in [0.1, 0.15) is 16.6 Å². The van der Waals surface area contributed by atoms with E-state index in [1.165, 1.54) is 0 Å². The van der Waals surface area contributed by atoms with Gasteiger partial charge in [0, 0.05) is 28.4 Å². The maximum absolute atomic E-state index is 6.20. The molecule has 0 aliphatic heterocycles. The third kappa shape index (κ3) is 2.63. The molecule has 0 bridgehead atoms. The predicted molar refractivity (Wildman–Crippen MR) is 81.7 cm³/mol. The number of nitrogens with zero attached hydrogens (tertiary/aromatic N) is 1. The third-order valence-electron chi connectivity index (χ3n) is 3.07. The number of thiophene rings is 1. The Bertz CT molecular complexity index is 708. The Hall–Kier alpha value is -1.42. The highest BCUT2D eigenvalue weighted by Gasteiger charge is 2.13. The van der Waals surface area contributed by atoms with Crippen LogP contribution in [0.5, 0.6) is 0 Å². The number of hydrogen-bond acceptors (Lipinski definition) is 3. The van der Waals surface area contributed by atoms with E-state index in [2.05, 4.69) is 17.1 Å². The minimum Gasteiger partial charge on any atom is -0.323 e. The molecule has 3 aromatic rings. The van der Waals surface area contributed by atoms with Crippen LogP contribution in [0.25, 0.3) is 10.9 Å². The van der Waals surface area contributed by atoms with Crippen molar-refractivity contribution in [1.82, 2.24) is 4.98 Å². The number of nitrogens with two attached hydrogens (primary N) is 1. The number of pyridine rings is 1. The SMILES string of the molecule is NC(Cc1ccc2ccccc2n1)c1sccc1Cl. The lowest BCUT2D eigenvalue weighted by Gasteiger charge is -2.10. The Labute approximate surface area is 120 Å². The lowest BCUT2D eigenvalue weighted by atomic mass is 10.1. The highest BCUT2D eigenvalue weighted by Crippen LogP contribution is 2.29. The van der Waals surface area contributed by atoms with E-state index >= 15 is 0 Å². The Morgan fingerprint density at radius 3 is 2.79 bits per heavy atom. The van der Waals surface area contributed by atoms with E-state index in [0.717, 1.165) is 26.5 Å². The summed E-state index contributed by atoms with van der Waals surface area (Å²) in [6, 6.07) is 14.0. The molecule has 2 nitrogen and oxygen atoms in total. The number of benzene rings is 1. The molecule has 0 saturated heterocycles. The first-order chi connectivity index (χ1) is 9.24. The van der Waals surface area contributed by atoms with Gasteiger partial charge in [0.15, 0.2) is 0 Å². The normalized spacial score (nSPS) is 12.7. The largest absolute Gasteiger partial charge is 0.323 e. The molecule has 4 heteroatoms. The molecule has 2 aromatic heterocycles. The number of para-hydroxylation sites is 1. The molecular formula is C15H13ClN2S. The topological polar surface area (TPSA) is 38.9 Å². The Kier molecular flexibility index (Phi) is 3.51.